The molecule has 0 saturated heterocycles. The number of nitrogens with one attached hydrogen (secondary N) is 1. The molecule has 1 N–H and O–H groups in total. The van der Waals surface area contributed by atoms with Gasteiger partial charge in [0.2, 0.25) is 6.79 Å². The molecular weight excluding hydrogens is 388 g/mol. The van der Waals surface area contributed by atoms with E-state index in [2.05, 4.69) is 23.2 Å². The first-order chi connectivity index (χ1) is 15.2. The highest BCUT2D eigenvalue weighted by atomic mass is 16.7. The molecule has 154 valence electrons. The smallest absolute Gasteiger partial charge is 0.254 e. The summed E-state index contributed by atoms with van der Waals surface area (Å²) >= 11 is 0. The summed E-state index contributed by atoms with van der Waals surface area (Å²) in [5, 5.41) is 1.23. The van der Waals surface area contributed by atoms with Crippen LogP contribution < -0.4 is 9.47 Å². The Kier molecular flexibility index (Phi) is 4.03. The number of fused-ring (bicyclic) bond motifs is 4. The molecule has 0 saturated carbocycles. The van der Waals surface area contributed by atoms with Gasteiger partial charge in [-0.3, -0.25) is 4.79 Å². The Hall–Kier alpha value is -3.73. The van der Waals surface area contributed by atoms with Crippen LogP contribution in [0.15, 0.2) is 66.7 Å². The predicted octanol–water partition coefficient (Wildman–Crippen LogP) is 4.99. The van der Waals surface area contributed by atoms with Crippen molar-refractivity contribution < 1.29 is 14.3 Å². The Morgan fingerprint density at radius 3 is 2.77 bits per heavy atom. The van der Waals surface area contributed by atoms with Crippen LogP contribution in [0.5, 0.6) is 11.5 Å². The van der Waals surface area contributed by atoms with Gasteiger partial charge in [0.1, 0.15) is 0 Å². The molecule has 0 spiro atoms. The summed E-state index contributed by atoms with van der Waals surface area (Å²) in [6, 6.07) is 21.9. The zero-order chi connectivity index (χ0) is 20.9. The number of ether oxygens (including phenoxy) is 2. The maximum atomic E-state index is 13.7. The molecule has 1 atom stereocenters. The second kappa shape index (κ2) is 6.91. The molecule has 0 aliphatic carbocycles. The van der Waals surface area contributed by atoms with Crippen LogP contribution >= 0.6 is 0 Å². The van der Waals surface area contributed by atoms with Crippen LogP contribution in [0.4, 0.5) is 0 Å². The van der Waals surface area contributed by atoms with Crippen LogP contribution in [0.1, 0.15) is 38.8 Å². The highest BCUT2D eigenvalue weighted by Crippen LogP contribution is 2.42. The van der Waals surface area contributed by atoms with Gasteiger partial charge in [0, 0.05) is 28.7 Å². The number of aromatic nitrogens is 1. The zero-order valence-electron chi connectivity index (χ0n) is 17.2. The Morgan fingerprint density at radius 1 is 1.00 bits per heavy atom. The van der Waals surface area contributed by atoms with Crippen LogP contribution in [0.25, 0.3) is 10.9 Å². The molecule has 31 heavy (non-hydrogen) atoms. The van der Waals surface area contributed by atoms with Crippen molar-refractivity contribution in [1.82, 2.24) is 9.88 Å². The maximum Gasteiger partial charge on any atom is 0.254 e. The fraction of sp³-hybridized carbons (Fsp3) is 0.192. The van der Waals surface area contributed by atoms with Gasteiger partial charge >= 0.3 is 0 Å². The third kappa shape index (κ3) is 2.88. The van der Waals surface area contributed by atoms with Crippen molar-refractivity contribution in [3.05, 3.63) is 94.7 Å². The largest absolute Gasteiger partial charge is 0.454 e. The monoisotopic (exact) mass is 410 g/mol. The van der Waals surface area contributed by atoms with E-state index in [0.29, 0.717) is 12.1 Å². The normalized spacial score (nSPS) is 17.1. The van der Waals surface area contributed by atoms with Crippen LogP contribution in [-0.2, 0) is 6.42 Å². The average molecular weight is 410 g/mol. The first kappa shape index (κ1) is 18.1. The van der Waals surface area contributed by atoms with Gasteiger partial charge in [0.15, 0.2) is 11.5 Å². The number of benzene rings is 3. The molecule has 2 aliphatic heterocycles. The van der Waals surface area contributed by atoms with E-state index in [4.69, 9.17) is 9.47 Å². The lowest BCUT2D eigenvalue weighted by atomic mass is 9.91. The quantitative estimate of drug-likeness (QED) is 0.506. The fourth-order valence-corrected chi connectivity index (χ4v) is 4.83. The summed E-state index contributed by atoms with van der Waals surface area (Å²) < 4.78 is 11.1. The molecule has 2 aliphatic rings. The molecule has 1 amide bonds. The van der Waals surface area contributed by atoms with Crippen molar-refractivity contribution >= 4 is 16.8 Å². The highest BCUT2D eigenvalue weighted by molar-refractivity contribution is 5.96. The number of hydrogen-bond donors (Lipinski definition) is 1. The second-order valence-corrected chi connectivity index (χ2v) is 8.20. The van der Waals surface area contributed by atoms with Gasteiger partial charge in [-0.05, 0) is 54.8 Å². The average Bonchev–Trinajstić information content (AvgIpc) is 3.41. The second-order valence-electron chi connectivity index (χ2n) is 8.20. The van der Waals surface area contributed by atoms with Crippen LogP contribution in [0, 0.1) is 6.92 Å². The minimum atomic E-state index is -0.223. The van der Waals surface area contributed by atoms with E-state index in [9.17, 15) is 4.79 Å². The standard InChI is InChI=1S/C26H22N2O3/c1-16-5-4-6-18(13-16)26(29)28-12-11-20-19-7-2-3-8-21(19)27-24(20)25(28)17-9-10-22-23(14-17)31-15-30-22/h2-10,13-14,25,27H,11-12,15H2,1H3/t25-/m0/s1. The summed E-state index contributed by atoms with van der Waals surface area (Å²) in [6.45, 7) is 2.89. The van der Waals surface area contributed by atoms with Crippen molar-refractivity contribution in [3.8, 4) is 11.5 Å². The van der Waals surface area contributed by atoms with Crippen LogP contribution in [0.3, 0.4) is 0 Å². The van der Waals surface area contributed by atoms with Gasteiger partial charge in [-0.15, -0.1) is 0 Å². The summed E-state index contributed by atoms with van der Waals surface area (Å²) in [7, 11) is 0. The predicted molar refractivity (Wildman–Crippen MR) is 119 cm³/mol. The van der Waals surface area contributed by atoms with E-state index < -0.39 is 0 Å². The Bertz CT molecular complexity index is 1320. The third-order valence-electron chi connectivity index (χ3n) is 6.27. The van der Waals surface area contributed by atoms with E-state index in [0.717, 1.165) is 40.3 Å². The first-order valence-corrected chi connectivity index (χ1v) is 10.6. The number of amides is 1. The number of para-hydroxylation sites is 1. The molecule has 0 fully saturated rings. The van der Waals surface area contributed by atoms with Crippen molar-refractivity contribution in [1.29, 1.82) is 0 Å². The SMILES string of the molecule is Cc1cccc(C(=O)N2CCc3c([nH]c4ccccc34)[C@@H]2c2ccc3c(c2)OCO3)c1. The molecule has 0 unspecified atom stereocenters. The van der Waals surface area contributed by atoms with Crippen LogP contribution in [0.2, 0.25) is 0 Å². The number of nitrogens with zero attached hydrogens (tertiary/aromatic N) is 1. The summed E-state index contributed by atoms with van der Waals surface area (Å²) in [6.07, 6.45) is 0.817. The first-order valence-electron chi connectivity index (χ1n) is 10.6. The number of carbonyl (C=O) groups excluding carboxylic acids is 1. The van der Waals surface area contributed by atoms with E-state index in [1.54, 1.807) is 0 Å². The number of hydrogen-bond acceptors (Lipinski definition) is 3. The Morgan fingerprint density at radius 2 is 1.87 bits per heavy atom. The highest BCUT2D eigenvalue weighted by Gasteiger charge is 2.35. The zero-order valence-corrected chi connectivity index (χ0v) is 17.2. The molecule has 0 bridgehead atoms. The molecule has 3 aromatic carbocycles. The number of aromatic amines is 1. The lowest BCUT2D eigenvalue weighted by molar-refractivity contribution is 0.0691. The Labute approximate surface area is 180 Å². The molecule has 3 heterocycles. The summed E-state index contributed by atoms with van der Waals surface area (Å²) in [5.74, 6) is 1.51. The van der Waals surface area contributed by atoms with Gasteiger partial charge in [-0.1, -0.05) is 42.0 Å². The maximum absolute atomic E-state index is 13.7. The molecule has 1 aromatic heterocycles. The minimum absolute atomic E-state index is 0.0377. The molecule has 5 heteroatoms. The summed E-state index contributed by atoms with van der Waals surface area (Å²) in [5.41, 5.74) is 6.26. The number of carbonyl (C=O) groups is 1. The van der Waals surface area contributed by atoms with E-state index in [1.165, 1.54) is 10.9 Å². The lowest BCUT2D eigenvalue weighted by Crippen LogP contribution is -2.40. The Balaban J connectivity index is 1.52. The molecule has 4 aromatic rings. The third-order valence-corrected chi connectivity index (χ3v) is 6.27. The van der Waals surface area contributed by atoms with Crippen molar-refractivity contribution in [2.45, 2.75) is 19.4 Å². The van der Waals surface area contributed by atoms with Crippen molar-refractivity contribution in [2.24, 2.45) is 0 Å². The van der Waals surface area contributed by atoms with E-state index >= 15 is 0 Å². The van der Waals surface area contributed by atoms with Crippen molar-refractivity contribution in [3.63, 3.8) is 0 Å². The van der Waals surface area contributed by atoms with E-state index in [1.807, 2.05) is 60.4 Å². The number of aryl methyl sites for hydroxylation is 1. The van der Waals surface area contributed by atoms with Gasteiger partial charge in [-0.2, -0.15) is 0 Å². The van der Waals surface area contributed by atoms with Gasteiger partial charge in [0.25, 0.3) is 5.91 Å². The molecular formula is C26H22N2O3. The van der Waals surface area contributed by atoms with Gasteiger partial charge in [-0.25, -0.2) is 0 Å². The molecule has 5 nitrogen and oxygen atoms in total. The lowest BCUT2D eigenvalue weighted by Gasteiger charge is -2.36. The minimum Gasteiger partial charge on any atom is -0.454 e. The number of rotatable bonds is 2. The molecule has 6 rings (SSSR count). The topological polar surface area (TPSA) is 54.6 Å². The van der Waals surface area contributed by atoms with Crippen molar-refractivity contribution in [2.75, 3.05) is 13.3 Å². The fourth-order valence-electron chi connectivity index (χ4n) is 4.83. The number of H-pyrrole nitrogens is 1. The molecule has 0 radical (unpaired) electrons. The van der Waals surface area contributed by atoms with Gasteiger partial charge < -0.3 is 19.4 Å². The van der Waals surface area contributed by atoms with Crippen LogP contribution in [-0.4, -0.2) is 29.1 Å². The summed E-state index contributed by atoms with van der Waals surface area (Å²) in [4.78, 5) is 19.2. The van der Waals surface area contributed by atoms with E-state index in [-0.39, 0.29) is 18.7 Å². The van der Waals surface area contributed by atoms with Gasteiger partial charge in [0.05, 0.1) is 6.04 Å².